The second-order valence-electron chi connectivity index (χ2n) is 6.58. The Morgan fingerprint density at radius 3 is 2.76 bits per heavy atom. The number of aryl methyl sites for hydroxylation is 1. The molecule has 1 amide bonds. The Morgan fingerprint density at radius 1 is 1.20 bits per heavy atom. The van der Waals surface area contributed by atoms with Crippen molar-refractivity contribution in [2.24, 2.45) is 0 Å². The predicted octanol–water partition coefficient (Wildman–Crippen LogP) is 3.44. The number of aromatic nitrogens is 2. The molecule has 4 rings (SSSR count). The van der Waals surface area contributed by atoms with Gasteiger partial charge in [-0.3, -0.25) is 4.57 Å². The number of hydrogen-bond donors (Lipinski definition) is 1. The first-order valence-electron chi connectivity index (χ1n) is 8.79. The van der Waals surface area contributed by atoms with Gasteiger partial charge in [0.2, 0.25) is 0 Å². The van der Waals surface area contributed by atoms with Crippen molar-refractivity contribution < 1.29 is 4.79 Å². The minimum absolute atomic E-state index is 0.119. The first kappa shape index (κ1) is 15.7. The molecule has 0 aliphatic carbocycles. The molecular formula is C20H22N4O. The smallest absolute Gasteiger partial charge is 0.327 e. The van der Waals surface area contributed by atoms with Crippen LogP contribution in [0.4, 0.5) is 10.5 Å². The normalized spacial score (nSPS) is 16.2. The van der Waals surface area contributed by atoms with E-state index < -0.39 is 0 Å². The third-order valence-electron chi connectivity index (χ3n) is 4.70. The van der Waals surface area contributed by atoms with Crippen molar-refractivity contribution in [3.05, 3.63) is 60.4 Å². The summed E-state index contributed by atoms with van der Waals surface area (Å²) in [4.78, 5) is 19.3. The minimum atomic E-state index is -0.119. The molecule has 5 heteroatoms. The third kappa shape index (κ3) is 3.22. The highest BCUT2D eigenvalue weighted by Crippen LogP contribution is 2.33. The molecule has 1 atom stereocenters. The van der Waals surface area contributed by atoms with E-state index >= 15 is 0 Å². The standard InChI is InChI=1S/C20H22N4O/c1-15-13-23(15)17-10-5-11-18-19(17)22-14-24(18)20(25)21-12-6-9-16-7-3-2-4-8-16/h2-5,7-8,10-11,14-15H,6,9,12-13H2,1H3,(H,21,25). The van der Waals surface area contributed by atoms with Crippen LogP contribution >= 0.6 is 0 Å². The van der Waals surface area contributed by atoms with E-state index in [0.29, 0.717) is 12.6 Å². The molecule has 128 valence electrons. The molecule has 1 aliphatic heterocycles. The fraction of sp³-hybridized carbons (Fsp3) is 0.300. The number of amides is 1. The number of nitrogens with one attached hydrogen (secondary N) is 1. The van der Waals surface area contributed by atoms with Gasteiger partial charge >= 0.3 is 6.03 Å². The molecule has 0 radical (unpaired) electrons. The first-order valence-corrected chi connectivity index (χ1v) is 8.79. The number of para-hydroxylation sites is 1. The average Bonchev–Trinajstić information content (AvgIpc) is 3.20. The zero-order valence-corrected chi connectivity index (χ0v) is 14.4. The molecular weight excluding hydrogens is 312 g/mol. The van der Waals surface area contributed by atoms with E-state index in [9.17, 15) is 4.79 Å². The van der Waals surface area contributed by atoms with E-state index in [2.05, 4.69) is 40.3 Å². The van der Waals surface area contributed by atoms with Crippen molar-refractivity contribution in [2.75, 3.05) is 18.0 Å². The summed E-state index contributed by atoms with van der Waals surface area (Å²) in [5.41, 5.74) is 4.16. The highest BCUT2D eigenvalue weighted by molar-refractivity contribution is 5.96. The molecule has 2 aromatic carbocycles. The van der Waals surface area contributed by atoms with Crippen LogP contribution in [0.25, 0.3) is 11.0 Å². The number of carbonyl (C=O) groups excluding carboxylic acids is 1. The van der Waals surface area contributed by atoms with E-state index in [-0.39, 0.29) is 6.03 Å². The topological polar surface area (TPSA) is 49.9 Å². The van der Waals surface area contributed by atoms with Crippen molar-refractivity contribution >= 4 is 22.8 Å². The fourth-order valence-electron chi connectivity index (χ4n) is 3.21. The maximum atomic E-state index is 12.5. The summed E-state index contributed by atoms with van der Waals surface area (Å²) < 4.78 is 1.61. The summed E-state index contributed by atoms with van der Waals surface area (Å²) in [5, 5.41) is 2.99. The van der Waals surface area contributed by atoms with Crippen LogP contribution in [-0.4, -0.2) is 34.7 Å². The molecule has 5 nitrogen and oxygen atoms in total. The zero-order valence-electron chi connectivity index (χ0n) is 14.4. The lowest BCUT2D eigenvalue weighted by Gasteiger charge is -2.08. The molecule has 1 aromatic heterocycles. The number of rotatable bonds is 5. The third-order valence-corrected chi connectivity index (χ3v) is 4.70. The van der Waals surface area contributed by atoms with Crippen LogP contribution in [0.1, 0.15) is 18.9 Å². The largest absolute Gasteiger partial charge is 0.363 e. The van der Waals surface area contributed by atoms with Crippen LogP contribution in [0.2, 0.25) is 0 Å². The van der Waals surface area contributed by atoms with Crippen LogP contribution < -0.4 is 10.2 Å². The SMILES string of the molecule is CC1CN1c1cccc2c1ncn2C(=O)NCCCc1ccccc1. The quantitative estimate of drug-likeness (QED) is 0.574. The van der Waals surface area contributed by atoms with Gasteiger partial charge in [-0.2, -0.15) is 0 Å². The molecule has 1 saturated heterocycles. The molecule has 1 N–H and O–H groups in total. The predicted molar refractivity (Wildman–Crippen MR) is 100 cm³/mol. The summed E-state index contributed by atoms with van der Waals surface area (Å²) in [5.74, 6) is 0. The van der Waals surface area contributed by atoms with E-state index in [1.165, 1.54) is 5.56 Å². The van der Waals surface area contributed by atoms with Crippen molar-refractivity contribution in [1.82, 2.24) is 14.9 Å². The Balaban J connectivity index is 1.40. The summed E-state index contributed by atoms with van der Waals surface area (Å²) in [6.45, 7) is 3.89. The molecule has 3 aromatic rings. The van der Waals surface area contributed by atoms with Gasteiger partial charge < -0.3 is 10.2 Å². The van der Waals surface area contributed by atoms with Crippen molar-refractivity contribution in [3.8, 4) is 0 Å². The van der Waals surface area contributed by atoms with Gasteiger partial charge in [-0.1, -0.05) is 36.4 Å². The zero-order chi connectivity index (χ0) is 17.2. The van der Waals surface area contributed by atoms with Crippen molar-refractivity contribution in [3.63, 3.8) is 0 Å². The Morgan fingerprint density at radius 2 is 2.00 bits per heavy atom. The van der Waals surface area contributed by atoms with Crippen LogP contribution in [0.5, 0.6) is 0 Å². The second kappa shape index (κ2) is 6.59. The summed E-state index contributed by atoms with van der Waals surface area (Å²) in [6, 6.07) is 16.8. The van der Waals surface area contributed by atoms with Crippen LogP contribution in [-0.2, 0) is 6.42 Å². The number of benzene rings is 2. The number of hydrogen-bond acceptors (Lipinski definition) is 3. The van der Waals surface area contributed by atoms with Crippen LogP contribution in [0.3, 0.4) is 0 Å². The molecule has 25 heavy (non-hydrogen) atoms. The lowest BCUT2D eigenvalue weighted by atomic mass is 10.1. The van der Waals surface area contributed by atoms with E-state index in [0.717, 1.165) is 36.1 Å². The number of fused-ring (bicyclic) bond motifs is 1. The average molecular weight is 334 g/mol. The van der Waals surface area contributed by atoms with Crippen LogP contribution in [0.15, 0.2) is 54.9 Å². The van der Waals surface area contributed by atoms with Gasteiger partial charge in [0.25, 0.3) is 0 Å². The second-order valence-corrected chi connectivity index (χ2v) is 6.58. The van der Waals surface area contributed by atoms with E-state index in [1.807, 2.05) is 30.3 Å². The number of nitrogens with zero attached hydrogens (tertiary/aromatic N) is 3. The molecule has 0 bridgehead atoms. The summed E-state index contributed by atoms with van der Waals surface area (Å²) in [6.07, 6.45) is 3.50. The van der Waals surface area contributed by atoms with Crippen LogP contribution in [0, 0.1) is 0 Å². The van der Waals surface area contributed by atoms with E-state index in [1.54, 1.807) is 10.9 Å². The van der Waals surface area contributed by atoms with Gasteiger partial charge in [0.1, 0.15) is 11.8 Å². The number of anilines is 1. The van der Waals surface area contributed by atoms with Crippen molar-refractivity contribution in [2.45, 2.75) is 25.8 Å². The monoisotopic (exact) mass is 334 g/mol. The van der Waals surface area contributed by atoms with Gasteiger partial charge in [0, 0.05) is 19.1 Å². The van der Waals surface area contributed by atoms with Crippen molar-refractivity contribution in [1.29, 1.82) is 0 Å². The highest BCUT2D eigenvalue weighted by Gasteiger charge is 2.31. The summed E-state index contributed by atoms with van der Waals surface area (Å²) >= 11 is 0. The Bertz CT molecular complexity index is 887. The van der Waals surface area contributed by atoms with Gasteiger partial charge in [-0.15, -0.1) is 0 Å². The van der Waals surface area contributed by atoms with Gasteiger partial charge in [0.15, 0.2) is 0 Å². The minimum Gasteiger partial charge on any atom is -0.363 e. The fourth-order valence-corrected chi connectivity index (χ4v) is 3.21. The molecule has 0 saturated carbocycles. The van der Waals surface area contributed by atoms with Gasteiger partial charge in [0.05, 0.1) is 11.2 Å². The molecule has 0 spiro atoms. The number of imidazole rings is 1. The first-order chi connectivity index (χ1) is 12.2. The molecule has 1 aliphatic rings. The maximum absolute atomic E-state index is 12.5. The molecule has 1 fully saturated rings. The lowest BCUT2D eigenvalue weighted by Crippen LogP contribution is -2.29. The highest BCUT2D eigenvalue weighted by atomic mass is 16.2. The number of carbonyl (C=O) groups is 1. The van der Waals surface area contributed by atoms with Gasteiger partial charge in [-0.05, 0) is 37.5 Å². The Hall–Kier alpha value is -2.82. The van der Waals surface area contributed by atoms with Gasteiger partial charge in [-0.25, -0.2) is 9.78 Å². The molecule has 1 unspecified atom stereocenters. The Labute approximate surface area is 147 Å². The Kier molecular flexibility index (Phi) is 4.14. The van der Waals surface area contributed by atoms with E-state index in [4.69, 9.17) is 0 Å². The summed E-state index contributed by atoms with van der Waals surface area (Å²) in [7, 11) is 0. The lowest BCUT2D eigenvalue weighted by molar-refractivity contribution is 0.243. The molecule has 2 heterocycles. The maximum Gasteiger partial charge on any atom is 0.327 e.